The normalized spacial score (nSPS) is 35.1. The van der Waals surface area contributed by atoms with Crippen molar-refractivity contribution in [2.75, 3.05) is 27.3 Å². The molecule has 0 radical (unpaired) electrons. The van der Waals surface area contributed by atoms with Gasteiger partial charge in [-0.15, -0.1) is 0 Å². The fourth-order valence-electron chi connectivity index (χ4n) is 1.75. The van der Waals surface area contributed by atoms with Gasteiger partial charge in [-0.1, -0.05) is 6.92 Å². The highest BCUT2D eigenvalue weighted by atomic mass is 16.5. The van der Waals surface area contributed by atoms with Crippen molar-refractivity contribution in [2.45, 2.75) is 19.4 Å². The number of rotatable bonds is 2. The van der Waals surface area contributed by atoms with Crippen LogP contribution in [0.1, 0.15) is 13.3 Å². The van der Waals surface area contributed by atoms with E-state index in [1.54, 1.807) is 7.11 Å². The van der Waals surface area contributed by atoms with Gasteiger partial charge in [0.25, 0.3) is 0 Å². The zero-order chi connectivity index (χ0) is 7.56. The Morgan fingerprint density at radius 3 is 2.70 bits per heavy atom. The molecule has 1 heterocycles. The second-order valence-electron chi connectivity index (χ2n) is 3.39. The van der Waals surface area contributed by atoms with Crippen molar-refractivity contribution in [3.63, 3.8) is 0 Å². The van der Waals surface area contributed by atoms with E-state index >= 15 is 0 Å². The van der Waals surface area contributed by atoms with Gasteiger partial charge in [-0.3, -0.25) is 0 Å². The molecule has 0 N–H and O–H groups in total. The molecule has 60 valence electrons. The standard InChI is InChI=1S/C8H17NO/c1-7-4-8(6-10-3)9(2)5-7/h7-8H,4-6H2,1-3H3/t7-,8?/m0/s1. The third kappa shape index (κ3) is 1.70. The quantitative estimate of drug-likeness (QED) is 0.571. The molecule has 2 nitrogen and oxygen atoms in total. The Morgan fingerprint density at radius 1 is 1.60 bits per heavy atom. The van der Waals surface area contributed by atoms with Crippen LogP contribution in [0.15, 0.2) is 0 Å². The lowest BCUT2D eigenvalue weighted by molar-refractivity contribution is 0.129. The average molecular weight is 143 g/mol. The predicted molar refractivity (Wildman–Crippen MR) is 42.1 cm³/mol. The highest BCUT2D eigenvalue weighted by Crippen LogP contribution is 2.20. The molecule has 1 aliphatic rings. The van der Waals surface area contributed by atoms with Gasteiger partial charge in [0.05, 0.1) is 6.61 Å². The first kappa shape index (κ1) is 8.02. The number of likely N-dealkylation sites (tertiary alicyclic amines) is 1. The summed E-state index contributed by atoms with van der Waals surface area (Å²) in [5, 5.41) is 0. The van der Waals surface area contributed by atoms with Crippen molar-refractivity contribution in [1.29, 1.82) is 0 Å². The Morgan fingerprint density at radius 2 is 2.30 bits per heavy atom. The molecule has 0 saturated carbocycles. The monoisotopic (exact) mass is 143 g/mol. The lowest BCUT2D eigenvalue weighted by Gasteiger charge is -2.17. The maximum atomic E-state index is 5.10. The number of hydrogen-bond donors (Lipinski definition) is 0. The lowest BCUT2D eigenvalue weighted by atomic mass is 10.1. The van der Waals surface area contributed by atoms with Crippen molar-refractivity contribution in [3.05, 3.63) is 0 Å². The first-order valence-corrected chi connectivity index (χ1v) is 3.93. The van der Waals surface area contributed by atoms with E-state index in [9.17, 15) is 0 Å². The molecule has 10 heavy (non-hydrogen) atoms. The molecule has 0 aromatic heterocycles. The summed E-state index contributed by atoms with van der Waals surface area (Å²) >= 11 is 0. The van der Waals surface area contributed by atoms with Crippen molar-refractivity contribution in [2.24, 2.45) is 5.92 Å². The van der Waals surface area contributed by atoms with Crippen LogP contribution in [0, 0.1) is 5.92 Å². The van der Waals surface area contributed by atoms with Crippen LogP contribution >= 0.6 is 0 Å². The molecule has 0 aliphatic carbocycles. The maximum Gasteiger partial charge on any atom is 0.0618 e. The molecule has 1 aliphatic heterocycles. The van der Waals surface area contributed by atoms with Crippen molar-refractivity contribution < 1.29 is 4.74 Å². The molecular weight excluding hydrogens is 126 g/mol. The van der Waals surface area contributed by atoms with Crippen molar-refractivity contribution >= 4 is 0 Å². The number of likely N-dealkylation sites (N-methyl/N-ethyl adjacent to an activating group) is 1. The molecule has 1 saturated heterocycles. The highest BCUT2D eigenvalue weighted by molar-refractivity contribution is 4.80. The van der Waals surface area contributed by atoms with E-state index in [0.717, 1.165) is 12.5 Å². The van der Waals surface area contributed by atoms with Gasteiger partial charge in [-0.25, -0.2) is 0 Å². The number of hydrogen-bond acceptors (Lipinski definition) is 2. The Bertz CT molecular complexity index is 105. The smallest absolute Gasteiger partial charge is 0.0618 e. The minimum absolute atomic E-state index is 0.667. The molecule has 1 fully saturated rings. The summed E-state index contributed by atoms with van der Waals surface area (Å²) in [6.07, 6.45) is 1.30. The summed E-state index contributed by atoms with van der Waals surface area (Å²) in [6, 6.07) is 0.667. The van der Waals surface area contributed by atoms with E-state index < -0.39 is 0 Å². The number of methoxy groups -OCH3 is 1. The first-order chi connectivity index (χ1) is 4.74. The molecule has 0 bridgehead atoms. The van der Waals surface area contributed by atoms with E-state index in [0.29, 0.717) is 6.04 Å². The Labute approximate surface area is 63.2 Å². The topological polar surface area (TPSA) is 12.5 Å². The Kier molecular flexibility index (Phi) is 2.69. The highest BCUT2D eigenvalue weighted by Gasteiger charge is 2.25. The first-order valence-electron chi connectivity index (χ1n) is 3.93. The zero-order valence-electron chi connectivity index (χ0n) is 7.13. The largest absolute Gasteiger partial charge is 0.383 e. The van der Waals surface area contributed by atoms with Crippen LogP contribution in [0.5, 0.6) is 0 Å². The van der Waals surface area contributed by atoms with Crippen LogP contribution in [0.2, 0.25) is 0 Å². The number of nitrogens with zero attached hydrogens (tertiary/aromatic N) is 1. The zero-order valence-corrected chi connectivity index (χ0v) is 7.13. The molecule has 0 amide bonds. The van der Waals surface area contributed by atoms with Gasteiger partial charge in [0.15, 0.2) is 0 Å². The van der Waals surface area contributed by atoms with Gasteiger partial charge in [0.2, 0.25) is 0 Å². The van der Waals surface area contributed by atoms with E-state index in [1.165, 1.54) is 13.0 Å². The van der Waals surface area contributed by atoms with Gasteiger partial charge in [-0.05, 0) is 19.4 Å². The van der Waals surface area contributed by atoms with E-state index in [4.69, 9.17) is 4.74 Å². The van der Waals surface area contributed by atoms with E-state index in [1.807, 2.05) is 0 Å². The van der Waals surface area contributed by atoms with Gasteiger partial charge in [0, 0.05) is 19.7 Å². The van der Waals surface area contributed by atoms with Gasteiger partial charge >= 0.3 is 0 Å². The van der Waals surface area contributed by atoms with Gasteiger partial charge in [-0.2, -0.15) is 0 Å². The molecule has 1 rings (SSSR count). The minimum Gasteiger partial charge on any atom is -0.383 e. The second kappa shape index (κ2) is 3.35. The SMILES string of the molecule is COCC1C[C@H](C)CN1C. The van der Waals surface area contributed by atoms with Crippen LogP contribution in [-0.2, 0) is 4.74 Å². The molecule has 0 aromatic carbocycles. The van der Waals surface area contributed by atoms with Gasteiger partial charge in [0.1, 0.15) is 0 Å². The van der Waals surface area contributed by atoms with E-state index in [2.05, 4.69) is 18.9 Å². The van der Waals surface area contributed by atoms with Crippen LogP contribution in [0.25, 0.3) is 0 Å². The summed E-state index contributed by atoms with van der Waals surface area (Å²) in [6.45, 7) is 4.42. The lowest BCUT2D eigenvalue weighted by Crippen LogP contribution is -2.28. The summed E-state index contributed by atoms with van der Waals surface area (Å²) < 4.78 is 5.10. The third-order valence-electron chi connectivity index (χ3n) is 2.26. The Hall–Kier alpha value is -0.0800. The van der Waals surface area contributed by atoms with E-state index in [-0.39, 0.29) is 0 Å². The van der Waals surface area contributed by atoms with Gasteiger partial charge < -0.3 is 9.64 Å². The molecule has 0 spiro atoms. The molecule has 2 atom stereocenters. The molecule has 0 aromatic rings. The summed E-state index contributed by atoms with van der Waals surface area (Å²) in [5.74, 6) is 0.852. The summed E-state index contributed by atoms with van der Waals surface area (Å²) in [7, 11) is 3.95. The minimum atomic E-state index is 0.667. The second-order valence-corrected chi connectivity index (χ2v) is 3.39. The van der Waals surface area contributed by atoms with Crippen molar-refractivity contribution in [3.8, 4) is 0 Å². The molecule has 1 unspecified atom stereocenters. The van der Waals surface area contributed by atoms with Crippen LogP contribution in [0.4, 0.5) is 0 Å². The third-order valence-corrected chi connectivity index (χ3v) is 2.26. The van der Waals surface area contributed by atoms with Crippen LogP contribution in [0.3, 0.4) is 0 Å². The summed E-state index contributed by atoms with van der Waals surface area (Å²) in [4.78, 5) is 2.38. The van der Waals surface area contributed by atoms with Crippen LogP contribution < -0.4 is 0 Å². The molecular formula is C8H17NO. The fourth-order valence-corrected chi connectivity index (χ4v) is 1.75. The summed E-state index contributed by atoms with van der Waals surface area (Å²) in [5.41, 5.74) is 0. The predicted octanol–water partition coefficient (Wildman–Crippen LogP) is 0.973. The maximum absolute atomic E-state index is 5.10. The average Bonchev–Trinajstić information content (AvgIpc) is 2.13. The van der Waals surface area contributed by atoms with Crippen molar-refractivity contribution in [1.82, 2.24) is 4.90 Å². The Balaban J connectivity index is 2.31. The fraction of sp³-hybridized carbons (Fsp3) is 1.00. The molecule has 2 heteroatoms. The number of ether oxygens (including phenoxy) is 1. The van der Waals surface area contributed by atoms with Crippen LogP contribution in [-0.4, -0.2) is 38.3 Å².